The SMILES string of the molecule is Cc1cccc2c(C#N)c3c(nc12)CCC3. The summed E-state index contributed by atoms with van der Waals surface area (Å²) in [6, 6.07) is 8.42. The van der Waals surface area contributed by atoms with Crippen LogP contribution in [0.15, 0.2) is 18.2 Å². The molecule has 1 aromatic heterocycles. The van der Waals surface area contributed by atoms with Crippen molar-refractivity contribution in [3.63, 3.8) is 0 Å². The average molecular weight is 208 g/mol. The van der Waals surface area contributed by atoms with Crippen LogP contribution in [-0.2, 0) is 12.8 Å². The van der Waals surface area contributed by atoms with Crippen LogP contribution >= 0.6 is 0 Å². The first-order chi connectivity index (χ1) is 7.81. The molecule has 1 heterocycles. The highest BCUT2D eigenvalue weighted by atomic mass is 14.7. The number of aryl methyl sites for hydroxylation is 2. The summed E-state index contributed by atoms with van der Waals surface area (Å²) in [5, 5.41) is 10.3. The Morgan fingerprint density at radius 1 is 1.31 bits per heavy atom. The molecule has 0 amide bonds. The summed E-state index contributed by atoms with van der Waals surface area (Å²) in [6.07, 6.45) is 3.16. The van der Waals surface area contributed by atoms with Gasteiger partial charge in [0.1, 0.15) is 6.07 Å². The van der Waals surface area contributed by atoms with Crippen molar-refractivity contribution in [2.75, 3.05) is 0 Å². The highest BCUT2D eigenvalue weighted by Gasteiger charge is 2.19. The van der Waals surface area contributed by atoms with Gasteiger partial charge in [-0.1, -0.05) is 18.2 Å². The first-order valence-electron chi connectivity index (χ1n) is 5.62. The Balaban J connectivity index is 2.50. The van der Waals surface area contributed by atoms with Crippen molar-refractivity contribution in [1.29, 1.82) is 5.26 Å². The number of rotatable bonds is 0. The fraction of sp³-hybridized carbons (Fsp3) is 0.286. The van der Waals surface area contributed by atoms with Gasteiger partial charge in [0.15, 0.2) is 0 Å². The van der Waals surface area contributed by atoms with Gasteiger partial charge in [0.05, 0.1) is 11.1 Å². The van der Waals surface area contributed by atoms with Crippen molar-refractivity contribution in [2.24, 2.45) is 0 Å². The molecule has 0 spiro atoms. The fourth-order valence-corrected chi connectivity index (χ4v) is 2.55. The molecular weight excluding hydrogens is 196 g/mol. The second-order valence-electron chi connectivity index (χ2n) is 4.35. The van der Waals surface area contributed by atoms with E-state index >= 15 is 0 Å². The van der Waals surface area contributed by atoms with Crippen LogP contribution in [0.4, 0.5) is 0 Å². The Morgan fingerprint density at radius 2 is 2.19 bits per heavy atom. The van der Waals surface area contributed by atoms with E-state index in [9.17, 15) is 5.26 Å². The van der Waals surface area contributed by atoms with E-state index in [1.807, 2.05) is 12.1 Å². The number of fused-ring (bicyclic) bond motifs is 2. The fourth-order valence-electron chi connectivity index (χ4n) is 2.55. The molecule has 0 bridgehead atoms. The highest BCUT2D eigenvalue weighted by Crippen LogP contribution is 2.30. The van der Waals surface area contributed by atoms with Crippen LogP contribution in [0.25, 0.3) is 10.9 Å². The standard InChI is InChI=1S/C14H12N2/c1-9-4-2-6-11-12(8-15)10-5-3-7-13(10)16-14(9)11/h2,4,6H,3,5,7H2,1H3. The van der Waals surface area contributed by atoms with Crippen molar-refractivity contribution in [3.05, 3.63) is 40.6 Å². The first kappa shape index (κ1) is 9.35. The van der Waals surface area contributed by atoms with Gasteiger partial charge in [-0.15, -0.1) is 0 Å². The molecule has 0 aliphatic heterocycles. The Bertz CT molecular complexity index is 621. The number of hydrogen-bond donors (Lipinski definition) is 0. The zero-order valence-electron chi connectivity index (χ0n) is 9.25. The average Bonchev–Trinajstić information content (AvgIpc) is 2.75. The van der Waals surface area contributed by atoms with E-state index in [-0.39, 0.29) is 0 Å². The summed E-state index contributed by atoms with van der Waals surface area (Å²) < 4.78 is 0. The van der Waals surface area contributed by atoms with E-state index < -0.39 is 0 Å². The second kappa shape index (κ2) is 3.31. The van der Waals surface area contributed by atoms with Crippen LogP contribution in [0, 0.1) is 18.3 Å². The molecule has 3 rings (SSSR count). The van der Waals surface area contributed by atoms with Crippen LogP contribution in [-0.4, -0.2) is 4.98 Å². The topological polar surface area (TPSA) is 36.7 Å². The maximum Gasteiger partial charge on any atom is 0.100 e. The molecule has 1 aliphatic carbocycles. The molecule has 78 valence electrons. The molecule has 2 heteroatoms. The molecule has 1 aromatic carbocycles. The zero-order valence-corrected chi connectivity index (χ0v) is 9.25. The number of nitriles is 1. The van der Waals surface area contributed by atoms with E-state index in [4.69, 9.17) is 4.98 Å². The van der Waals surface area contributed by atoms with Crippen LogP contribution in [0.1, 0.15) is 28.8 Å². The summed E-state index contributed by atoms with van der Waals surface area (Å²) in [5.41, 5.74) is 5.32. The van der Waals surface area contributed by atoms with Crippen molar-refractivity contribution < 1.29 is 0 Å². The summed E-state index contributed by atoms with van der Waals surface area (Å²) in [7, 11) is 0. The van der Waals surface area contributed by atoms with E-state index in [0.29, 0.717) is 0 Å². The first-order valence-corrected chi connectivity index (χ1v) is 5.62. The quantitative estimate of drug-likeness (QED) is 0.667. The van der Waals surface area contributed by atoms with Gasteiger partial charge in [-0.25, -0.2) is 0 Å². The van der Waals surface area contributed by atoms with E-state index in [1.54, 1.807) is 0 Å². The van der Waals surface area contributed by atoms with Crippen LogP contribution in [0.2, 0.25) is 0 Å². The lowest BCUT2D eigenvalue weighted by atomic mass is 10.0. The molecule has 0 saturated carbocycles. The minimum absolute atomic E-state index is 0.848. The summed E-state index contributed by atoms with van der Waals surface area (Å²) in [5.74, 6) is 0. The molecule has 0 N–H and O–H groups in total. The maximum atomic E-state index is 9.31. The third-order valence-corrected chi connectivity index (χ3v) is 3.36. The van der Waals surface area contributed by atoms with Gasteiger partial charge in [0, 0.05) is 11.1 Å². The third kappa shape index (κ3) is 1.15. The van der Waals surface area contributed by atoms with Gasteiger partial charge in [0.25, 0.3) is 0 Å². The molecule has 1 aliphatic rings. The Kier molecular flexibility index (Phi) is 1.94. The zero-order chi connectivity index (χ0) is 11.1. The molecule has 2 aromatic rings. The van der Waals surface area contributed by atoms with E-state index in [0.717, 1.165) is 47.0 Å². The summed E-state index contributed by atoms with van der Waals surface area (Å²) in [4.78, 5) is 4.71. The van der Waals surface area contributed by atoms with Gasteiger partial charge in [-0.3, -0.25) is 4.98 Å². The van der Waals surface area contributed by atoms with Crippen molar-refractivity contribution in [3.8, 4) is 6.07 Å². The van der Waals surface area contributed by atoms with Gasteiger partial charge >= 0.3 is 0 Å². The van der Waals surface area contributed by atoms with Crippen molar-refractivity contribution in [1.82, 2.24) is 4.98 Å². The molecule has 0 fully saturated rings. The molecule has 16 heavy (non-hydrogen) atoms. The summed E-state index contributed by atoms with van der Waals surface area (Å²) >= 11 is 0. The van der Waals surface area contributed by atoms with Crippen LogP contribution in [0.3, 0.4) is 0 Å². The van der Waals surface area contributed by atoms with Gasteiger partial charge in [0.2, 0.25) is 0 Å². The minimum atomic E-state index is 0.848. The number of aromatic nitrogens is 1. The highest BCUT2D eigenvalue weighted by molar-refractivity contribution is 5.88. The van der Waals surface area contributed by atoms with Crippen LogP contribution < -0.4 is 0 Å². The second-order valence-corrected chi connectivity index (χ2v) is 4.35. The van der Waals surface area contributed by atoms with E-state index in [2.05, 4.69) is 19.1 Å². The minimum Gasteiger partial charge on any atom is -0.252 e. The third-order valence-electron chi connectivity index (χ3n) is 3.36. The van der Waals surface area contributed by atoms with E-state index in [1.165, 1.54) is 5.56 Å². The number of benzene rings is 1. The number of para-hydroxylation sites is 1. The normalized spacial score (nSPS) is 13.8. The number of hydrogen-bond acceptors (Lipinski definition) is 2. The number of pyridine rings is 1. The predicted molar refractivity (Wildman–Crippen MR) is 63.2 cm³/mol. The molecule has 0 atom stereocenters. The maximum absolute atomic E-state index is 9.31. The van der Waals surface area contributed by atoms with Crippen molar-refractivity contribution >= 4 is 10.9 Å². The Hall–Kier alpha value is -1.88. The molecule has 0 saturated heterocycles. The lowest BCUT2D eigenvalue weighted by Gasteiger charge is -2.08. The molecule has 0 unspecified atom stereocenters. The van der Waals surface area contributed by atoms with Crippen LogP contribution in [0.5, 0.6) is 0 Å². The lowest BCUT2D eigenvalue weighted by Crippen LogP contribution is -1.96. The van der Waals surface area contributed by atoms with Crippen molar-refractivity contribution in [2.45, 2.75) is 26.2 Å². The Labute approximate surface area is 94.5 Å². The largest absolute Gasteiger partial charge is 0.252 e. The Morgan fingerprint density at radius 3 is 3.00 bits per heavy atom. The van der Waals surface area contributed by atoms with Gasteiger partial charge in [-0.05, 0) is 37.3 Å². The smallest absolute Gasteiger partial charge is 0.100 e. The summed E-state index contributed by atoms with van der Waals surface area (Å²) in [6.45, 7) is 2.05. The number of nitrogens with zero attached hydrogens (tertiary/aromatic N) is 2. The molecular formula is C14H12N2. The molecule has 0 radical (unpaired) electrons. The lowest BCUT2D eigenvalue weighted by molar-refractivity contribution is 0.900. The van der Waals surface area contributed by atoms with Gasteiger partial charge < -0.3 is 0 Å². The van der Waals surface area contributed by atoms with Gasteiger partial charge in [-0.2, -0.15) is 5.26 Å². The monoisotopic (exact) mass is 208 g/mol. The molecule has 2 nitrogen and oxygen atoms in total. The predicted octanol–water partition coefficient (Wildman–Crippen LogP) is 2.90.